The van der Waals surface area contributed by atoms with Crippen LogP contribution in [0.4, 0.5) is 5.69 Å². The number of nitrogens with one attached hydrogen (secondary N) is 2. The molecule has 1 aromatic rings. The summed E-state index contributed by atoms with van der Waals surface area (Å²) in [5.74, 6) is 0.0718. The summed E-state index contributed by atoms with van der Waals surface area (Å²) in [7, 11) is 4.09. The number of nitrogens with zero attached hydrogens (tertiary/aromatic N) is 1. The Morgan fingerprint density at radius 2 is 1.90 bits per heavy atom. The van der Waals surface area contributed by atoms with E-state index in [2.05, 4.69) is 22.6 Å². The van der Waals surface area contributed by atoms with Gasteiger partial charge in [0.1, 0.15) is 0 Å². The molecule has 21 heavy (non-hydrogen) atoms. The Morgan fingerprint density at radius 1 is 1.24 bits per heavy atom. The molecular weight excluding hydrogens is 262 g/mol. The number of anilines is 1. The SMILES string of the molecule is CNC1CCC(N(C)CC(=O)Nc2ccccc2C)CC1. The molecule has 0 saturated heterocycles. The van der Waals surface area contributed by atoms with Crippen molar-refractivity contribution in [2.45, 2.75) is 44.7 Å². The Bertz CT molecular complexity index is 467. The van der Waals surface area contributed by atoms with E-state index in [0.717, 1.165) is 11.3 Å². The van der Waals surface area contributed by atoms with Gasteiger partial charge in [0, 0.05) is 17.8 Å². The van der Waals surface area contributed by atoms with Crippen LogP contribution in [0.1, 0.15) is 31.2 Å². The lowest BCUT2D eigenvalue weighted by Gasteiger charge is -2.34. The molecule has 1 amide bonds. The second-order valence-electron chi connectivity index (χ2n) is 6.07. The van der Waals surface area contributed by atoms with Crippen LogP contribution in [0.15, 0.2) is 24.3 Å². The monoisotopic (exact) mass is 289 g/mol. The van der Waals surface area contributed by atoms with Gasteiger partial charge in [0.2, 0.25) is 5.91 Å². The van der Waals surface area contributed by atoms with Gasteiger partial charge in [-0.05, 0) is 58.3 Å². The van der Waals surface area contributed by atoms with Gasteiger partial charge in [-0.25, -0.2) is 0 Å². The predicted molar refractivity (Wildman–Crippen MR) is 87.5 cm³/mol. The lowest BCUT2D eigenvalue weighted by Crippen LogP contribution is -2.42. The van der Waals surface area contributed by atoms with E-state index in [1.807, 2.05) is 38.2 Å². The van der Waals surface area contributed by atoms with Crippen LogP contribution in [-0.2, 0) is 4.79 Å². The number of carbonyl (C=O) groups excluding carboxylic acids is 1. The highest BCUT2D eigenvalue weighted by Gasteiger charge is 2.24. The number of para-hydroxylation sites is 1. The molecule has 2 N–H and O–H groups in total. The van der Waals surface area contributed by atoms with Crippen molar-refractivity contribution >= 4 is 11.6 Å². The van der Waals surface area contributed by atoms with Crippen LogP contribution in [0.5, 0.6) is 0 Å². The van der Waals surface area contributed by atoms with Gasteiger partial charge < -0.3 is 10.6 Å². The molecular formula is C17H27N3O. The van der Waals surface area contributed by atoms with Gasteiger partial charge in [0.15, 0.2) is 0 Å². The number of carbonyl (C=O) groups is 1. The second kappa shape index (κ2) is 7.57. The summed E-state index contributed by atoms with van der Waals surface area (Å²) in [6.45, 7) is 2.47. The van der Waals surface area contributed by atoms with E-state index in [9.17, 15) is 4.79 Å². The molecule has 0 aromatic heterocycles. The van der Waals surface area contributed by atoms with E-state index in [-0.39, 0.29) is 5.91 Å². The summed E-state index contributed by atoms with van der Waals surface area (Å²) in [5, 5.41) is 6.35. The van der Waals surface area contributed by atoms with Crippen molar-refractivity contribution in [3.63, 3.8) is 0 Å². The van der Waals surface area contributed by atoms with E-state index in [1.54, 1.807) is 0 Å². The first-order chi connectivity index (χ1) is 10.1. The predicted octanol–water partition coefficient (Wildman–Crippen LogP) is 2.40. The Labute approximate surface area is 127 Å². The molecule has 0 atom stereocenters. The van der Waals surface area contributed by atoms with Gasteiger partial charge in [-0.15, -0.1) is 0 Å². The van der Waals surface area contributed by atoms with Gasteiger partial charge in [0.25, 0.3) is 0 Å². The summed E-state index contributed by atoms with van der Waals surface area (Å²) in [5.41, 5.74) is 2.01. The van der Waals surface area contributed by atoms with Crippen LogP contribution in [-0.4, -0.2) is 43.5 Å². The molecule has 4 nitrogen and oxygen atoms in total. The maximum Gasteiger partial charge on any atom is 0.238 e. The molecule has 2 rings (SSSR count). The number of aryl methyl sites for hydroxylation is 1. The molecule has 1 aliphatic rings. The zero-order chi connectivity index (χ0) is 15.2. The van der Waals surface area contributed by atoms with Crippen molar-refractivity contribution in [2.75, 3.05) is 26.0 Å². The number of hydrogen-bond donors (Lipinski definition) is 2. The van der Waals surface area contributed by atoms with Crippen LogP contribution < -0.4 is 10.6 Å². The van der Waals surface area contributed by atoms with Gasteiger partial charge in [-0.1, -0.05) is 18.2 Å². The number of benzene rings is 1. The van der Waals surface area contributed by atoms with Crippen molar-refractivity contribution < 1.29 is 4.79 Å². The molecule has 0 bridgehead atoms. The quantitative estimate of drug-likeness (QED) is 0.875. The van der Waals surface area contributed by atoms with Crippen LogP contribution >= 0.6 is 0 Å². The fourth-order valence-corrected chi connectivity index (χ4v) is 3.06. The van der Waals surface area contributed by atoms with Crippen LogP contribution in [0, 0.1) is 6.92 Å². The molecule has 4 heteroatoms. The molecule has 1 fully saturated rings. The summed E-state index contributed by atoms with van der Waals surface area (Å²) in [4.78, 5) is 14.4. The molecule has 1 saturated carbocycles. The number of likely N-dealkylation sites (N-methyl/N-ethyl adjacent to an activating group) is 1. The first-order valence-electron chi connectivity index (χ1n) is 7.83. The zero-order valence-corrected chi connectivity index (χ0v) is 13.4. The second-order valence-corrected chi connectivity index (χ2v) is 6.07. The third-order valence-electron chi connectivity index (χ3n) is 4.54. The maximum absolute atomic E-state index is 12.2. The Kier molecular flexibility index (Phi) is 5.76. The summed E-state index contributed by atoms with van der Waals surface area (Å²) in [6, 6.07) is 9.07. The minimum atomic E-state index is 0.0718. The average Bonchev–Trinajstić information content (AvgIpc) is 2.49. The highest BCUT2D eigenvalue weighted by Crippen LogP contribution is 2.22. The van der Waals surface area contributed by atoms with Crippen molar-refractivity contribution in [1.82, 2.24) is 10.2 Å². The standard InChI is InChI=1S/C17H27N3O/c1-13-6-4-5-7-16(13)19-17(21)12-20(3)15-10-8-14(18-2)9-11-15/h4-7,14-15,18H,8-12H2,1-3H3,(H,19,21). The normalized spacial score (nSPS) is 22.3. The number of hydrogen-bond acceptors (Lipinski definition) is 3. The van der Waals surface area contributed by atoms with Crippen molar-refractivity contribution in [3.05, 3.63) is 29.8 Å². The maximum atomic E-state index is 12.2. The largest absolute Gasteiger partial charge is 0.325 e. The van der Waals surface area contributed by atoms with E-state index in [1.165, 1.54) is 25.7 Å². The first kappa shape index (κ1) is 16.0. The van der Waals surface area contributed by atoms with Crippen molar-refractivity contribution in [2.24, 2.45) is 0 Å². The lowest BCUT2D eigenvalue weighted by atomic mass is 9.90. The fourth-order valence-electron chi connectivity index (χ4n) is 3.06. The van der Waals surface area contributed by atoms with Gasteiger partial charge in [-0.2, -0.15) is 0 Å². The molecule has 0 aliphatic heterocycles. The van der Waals surface area contributed by atoms with Crippen molar-refractivity contribution in [1.29, 1.82) is 0 Å². The highest BCUT2D eigenvalue weighted by atomic mass is 16.2. The molecule has 0 radical (unpaired) electrons. The summed E-state index contributed by atoms with van der Waals surface area (Å²) >= 11 is 0. The van der Waals surface area contributed by atoms with Crippen LogP contribution in [0.2, 0.25) is 0 Å². The Morgan fingerprint density at radius 3 is 2.52 bits per heavy atom. The summed E-state index contributed by atoms with van der Waals surface area (Å²) < 4.78 is 0. The minimum Gasteiger partial charge on any atom is -0.325 e. The number of amides is 1. The first-order valence-corrected chi connectivity index (χ1v) is 7.83. The topological polar surface area (TPSA) is 44.4 Å². The smallest absolute Gasteiger partial charge is 0.238 e. The molecule has 0 unspecified atom stereocenters. The van der Waals surface area contributed by atoms with Crippen molar-refractivity contribution in [3.8, 4) is 0 Å². The Balaban J connectivity index is 1.81. The number of rotatable bonds is 5. The van der Waals surface area contributed by atoms with Gasteiger partial charge >= 0.3 is 0 Å². The van der Waals surface area contributed by atoms with E-state index < -0.39 is 0 Å². The fraction of sp³-hybridized carbons (Fsp3) is 0.588. The average molecular weight is 289 g/mol. The van der Waals surface area contributed by atoms with E-state index in [4.69, 9.17) is 0 Å². The lowest BCUT2D eigenvalue weighted by molar-refractivity contribution is -0.117. The molecule has 0 heterocycles. The highest BCUT2D eigenvalue weighted by molar-refractivity contribution is 5.92. The van der Waals surface area contributed by atoms with E-state index in [0.29, 0.717) is 18.6 Å². The van der Waals surface area contributed by atoms with Gasteiger partial charge in [0.05, 0.1) is 6.54 Å². The third kappa shape index (κ3) is 4.55. The van der Waals surface area contributed by atoms with Crippen LogP contribution in [0.3, 0.4) is 0 Å². The summed E-state index contributed by atoms with van der Waals surface area (Å²) in [6.07, 6.45) is 4.73. The zero-order valence-electron chi connectivity index (χ0n) is 13.4. The molecule has 0 spiro atoms. The van der Waals surface area contributed by atoms with E-state index >= 15 is 0 Å². The molecule has 116 valence electrons. The third-order valence-corrected chi connectivity index (χ3v) is 4.54. The molecule has 1 aliphatic carbocycles. The minimum absolute atomic E-state index is 0.0718. The molecule has 1 aromatic carbocycles. The van der Waals surface area contributed by atoms with Gasteiger partial charge in [-0.3, -0.25) is 9.69 Å². The Hall–Kier alpha value is -1.39. The van der Waals surface area contributed by atoms with Crippen LogP contribution in [0.25, 0.3) is 0 Å².